The molecule has 2 saturated heterocycles. The van der Waals surface area contributed by atoms with Gasteiger partial charge in [-0.1, -0.05) is 92.6 Å². The highest BCUT2D eigenvalue weighted by Crippen LogP contribution is 2.77. The third kappa shape index (κ3) is 6.91. The molecule has 0 bridgehead atoms. The Bertz CT molecular complexity index is 2080. The lowest BCUT2D eigenvalue weighted by Gasteiger charge is -2.72. The zero-order chi connectivity index (χ0) is 46.0. The number of hydrogen-bond donors (Lipinski definition) is 0. The molecule has 9 rings (SSSR count). The predicted molar refractivity (Wildman–Crippen MR) is 242 cm³/mol. The fraction of sp³-hybridized carbons (Fsp3) is 0.778. The van der Waals surface area contributed by atoms with Crippen LogP contribution in [0.5, 0.6) is 0 Å². The van der Waals surface area contributed by atoms with E-state index in [1.54, 1.807) is 0 Å². The monoisotopic (exact) mass is 887 g/mol. The number of ketones is 1. The van der Waals surface area contributed by atoms with E-state index in [9.17, 15) is 23.2 Å². The van der Waals surface area contributed by atoms with Gasteiger partial charge >= 0.3 is 11.9 Å². The maximum atomic E-state index is 15.3. The van der Waals surface area contributed by atoms with Crippen molar-refractivity contribution < 1.29 is 37.4 Å². The lowest BCUT2D eigenvalue weighted by atomic mass is 9.33. The number of allylic oxidation sites excluding steroid dienone is 1. The number of halogens is 2. The second-order valence-corrected chi connectivity index (χ2v) is 24.5. The maximum Gasteiger partial charge on any atom is 0.309 e. The minimum absolute atomic E-state index is 0.0168. The molecule has 1 amide bonds. The predicted octanol–water partition coefficient (Wildman–Crippen LogP) is 10.6. The van der Waals surface area contributed by atoms with Crippen molar-refractivity contribution in [3.63, 3.8) is 0 Å². The quantitative estimate of drug-likeness (QED) is 0.228. The summed E-state index contributed by atoms with van der Waals surface area (Å²) < 4.78 is 40.8. The summed E-state index contributed by atoms with van der Waals surface area (Å²) in [5.41, 5.74) is 1.24. The molecule has 352 valence electrons. The van der Waals surface area contributed by atoms with Crippen molar-refractivity contribution >= 4 is 23.6 Å². The van der Waals surface area contributed by atoms with E-state index in [0.29, 0.717) is 44.3 Å². The third-order valence-electron chi connectivity index (χ3n) is 20.5. The molecule has 0 spiro atoms. The highest BCUT2D eigenvalue weighted by atomic mass is 19.3. The van der Waals surface area contributed by atoms with Gasteiger partial charge in [0, 0.05) is 43.9 Å². The Morgan fingerprint density at radius 3 is 2.17 bits per heavy atom. The van der Waals surface area contributed by atoms with Crippen LogP contribution in [0.4, 0.5) is 8.78 Å². The number of carbonyl (C=O) groups is 4. The molecule has 1 aromatic carbocycles. The summed E-state index contributed by atoms with van der Waals surface area (Å²) in [6, 6.07) is 9.57. The first-order valence-corrected chi connectivity index (χ1v) is 25.1. The number of nitrogens with zero attached hydrogens (tertiary/aromatic N) is 2. The van der Waals surface area contributed by atoms with Crippen LogP contribution in [0.15, 0.2) is 41.5 Å². The first-order valence-electron chi connectivity index (χ1n) is 25.1. The summed E-state index contributed by atoms with van der Waals surface area (Å²) in [5, 5.41) is 0. The van der Waals surface area contributed by atoms with Gasteiger partial charge in [-0.25, -0.2) is 8.78 Å². The molecule has 6 aliphatic carbocycles. The van der Waals surface area contributed by atoms with E-state index >= 15 is 4.79 Å². The van der Waals surface area contributed by atoms with Gasteiger partial charge in [-0.15, -0.1) is 0 Å². The van der Waals surface area contributed by atoms with Gasteiger partial charge in [-0.3, -0.25) is 24.1 Å². The Labute approximate surface area is 381 Å². The van der Waals surface area contributed by atoms with Crippen molar-refractivity contribution in [1.29, 1.82) is 0 Å². The van der Waals surface area contributed by atoms with Gasteiger partial charge in [0.15, 0.2) is 5.78 Å². The SMILES string of the molecule is CC(C)C1=C2[C@H]3CC[C@@H]4[C@@]5(C)CC[C@H](OC(=O)[C@H]6C[C@@H](C(=O)OCc7ccccc7)C6(C)C)C(C)(C)[C@@H]5CC[C@@]4(C)[C@]3(C)CC[C@@]2(C(=O)N2CCC[C@H]2CN2CCC(F)(F)C2)CC1=O. The van der Waals surface area contributed by atoms with Crippen molar-refractivity contribution in [2.45, 2.75) is 170 Å². The molecule has 8 nitrogen and oxygen atoms in total. The van der Waals surface area contributed by atoms with E-state index in [1.165, 1.54) is 0 Å². The number of rotatable bonds is 9. The minimum atomic E-state index is -2.67. The average Bonchev–Trinajstić information content (AvgIpc) is 3.92. The molecule has 11 atom stereocenters. The van der Waals surface area contributed by atoms with Gasteiger partial charge < -0.3 is 14.4 Å². The number of amides is 1. The topological polar surface area (TPSA) is 93.2 Å². The first kappa shape index (κ1) is 46.0. The third-order valence-corrected chi connectivity index (χ3v) is 20.5. The van der Waals surface area contributed by atoms with E-state index in [-0.39, 0.29) is 107 Å². The summed E-state index contributed by atoms with van der Waals surface area (Å²) in [5.74, 6) is -2.66. The lowest BCUT2D eigenvalue weighted by Crippen LogP contribution is -2.66. The zero-order valence-electron chi connectivity index (χ0n) is 40.3. The number of fused-ring (bicyclic) bond motifs is 7. The van der Waals surface area contributed by atoms with Crippen LogP contribution in [0, 0.1) is 68.0 Å². The highest BCUT2D eigenvalue weighted by molar-refractivity contribution is 6.07. The molecule has 0 aromatic heterocycles. The minimum Gasteiger partial charge on any atom is -0.462 e. The Morgan fingerprint density at radius 2 is 1.50 bits per heavy atom. The molecule has 10 heteroatoms. The molecule has 1 aromatic rings. The molecule has 2 heterocycles. The van der Waals surface area contributed by atoms with Gasteiger partial charge in [-0.2, -0.15) is 0 Å². The number of ether oxygens (including phenoxy) is 2. The summed E-state index contributed by atoms with van der Waals surface area (Å²) in [4.78, 5) is 60.8. The molecule has 0 radical (unpaired) electrons. The van der Waals surface area contributed by atoms with Crippen LogP contribution >= 0.6 is 0 Å². The molecule has 2 aliphatic heterocycles. The Morgan fingerprint density at radius 1 is 0.781 bits per heavy atom. The lowest BCUT2D eigenvalue weighted by molar-refractivity contribution is -0.236. The highest BCUT2D eigenvalue weighted by Gasteiger charge is 2.71. The van der Waals surface area contributed by atoms with Gasteiger partial charge in [-0.05, 0) is 133 Å². The first-order chi connectivity index (χ1) is 30.0. The number of carbonyl (C=O) groups excluding carboxylic acids is 4. The molecular weight excluding hydrogens is 811 g/mol. The van der Waals surface area contributed by atoms with E-state index in [4.69, 9.17) is 9.47 Å². The average molecular weight is 887 g/mol. The van der Waals surface area contributed by atoms with Crippen molar-refractivity contribution in [3.05, 3.63) is 47.0 Å². The van der Waals surface area contributed by atoms with Crippen LogP contribution in [-0.4, -0.2) is 77.7 Å². The van der Waals surface area contributed by atoms with Gasteiger partial charge in [0.05, 0.1) is 23.8 Å². The van der Waals surface area contributed by atoms with Gasteiger partial charge in [0.2, 0.25) is 5.91 Å². The molecule has 5 saturated carbocycles. The number of esters is 2. The Balaban J connectivity index is 0.915. The smallest absolute Gasteiger partial charge is 0.309 e. The van der Waals surface area contributed by atoms with Gasteiger partial charge in [0.1, 0.15) is 12.7 Å². The Kier molecular flexibility index (Phi) is 11.3. The Hall–Kier alpha value is -3.14. The standard InChI is InChI=1S/C54H76F2N2O6/c1-33(2)43-39(59)29-53(47(62)58-26-13-16-35(58)30-57-27-25-54(55,56)32-57)24-23-51(8)36(44(43)53)17-18-41-50(7)21-20-42(49(5,6)40(50)19-22-52(41,51)9)64-46(61)38-28-37(48(38,3)4)45(60)63-31-34-14-11-10-12-15-34/h10-12,14-15,33,35-38,40-42H,13,16-32H2,1-9H3/t35-,36+,37-,38+,40-,41+,42-,50-,51+,52+,53+/m0/s1. The van der Waals surface area contributed by atoms with Crippen molar-refractivity contribution in [3.8, 4) is 0 Å². The van der Waals surface area contributed by atoms with Crippen molar-refractivity contribution in [2.24, 2.45) is 68.0 Å². The molecule has 0 N–H and O–H groups in total. The molecule has 0 unspecified atom stereocenters. The molecule has 8 aliphatic rings. The van der Waals surface area contributed by atoms with E-state index in [2.05, 4.69) is 48.5 Å². The molecule has 7 fully saturated rings. The summed E-state index contributed by atoms with van der Waals surface area (Å²) >= 11 is 0. The number of alkyl halides is 2. The maximum absolute atomic E-state index is 15.3. The second-order valence-electron chi connectivity index (χ2n) is 24.5. The van der Waals surface area contributed by atoms with Crippen LogP contribution < -0.4 is 0 Å². The fourth-order valence-corrected chi connectivity index (χ4v) is 16.7. The number of likely N-dealkylation sites (tertiary alicyclic amines) is 2. The fourth-order valence-electron chi connectivity index (χ4n) is 16.7. The number of hydrogen-bond acceptors (Lipinski definition) is 7. The summed E-state index contributed by atoms with van der Waals surface area (Å²) in [6.45, 7) is 21.9. The zero-order valence-corrected chi connectivity index (χ0v) is 40.3. The van der Waals surface area contributed by atoms with Gasteiger partial charge in [0.25, 0.3) is 5.92 Å². The number of Topliss-reactive ketones (excluding diaryl/α,β-unsaturated/α-hetero) is 1. The molecule has 64 heavy (non-hydrogen) atoms. The van der Waals surface area contributed by atoms with E-state index < -0.39 is 16.8 Å². The summed E-state index contributed by atoms with van der Waals surface area (Å²) in [7, 11) is 0. The van der Waals surface area contributed by atoms with Crippen molar-refractivity contribution in [1.82, 2.24) is 9.80 Å². The van der Waals surface area contributed by atoms with Crippen LogP contribution in [0.2, 0.25) is 0 Å². The second kappa shape index (κ2) is 15.7. The van der Waals surface area contributed by atoms with Crippen LogP contribution in [0.25, 0.3) is 0 Å². The largest absolute Gasteiger partial charge is 0.462 e. The van der Waals surface area contributed by atoms with Crippen LogP contribution in [-0.2, 0) is 35.3 Å². The van der Waals surface area contributed by atoms with E-state index in [0.717, 1.165) is 74.5 Å². The van der Waals surface area contributed by atoms with E-state index in [1.807, 2.05) is 54.0 Å². The summed E-state index contributed by atoms with van der Waals surface area (Å²) in [6.07, 6.45) is 9.41. The molecular formula is C54H76F2N2O6. The normalized spacial score (nSPS) is 40.8. The van der Waals surface area contributed by atoms with Crippen molar-refractivity contribution in [2.75, 3.05) is 26.2 Å². The van der Waals surface area contributed by atoms with Crippen LogP contribution in [0.1, 0.15) is 151 Å². The van der Waals surface area contributed by atoms with Crippen LogP contribution in [0.3, 0.4) is 0 Å². The number of benzene rings is 1.